The van der Waals surface area contributed by atoms with E-state index in [4.69, 9.17) is 31.5 Å². The molecular formula is C14H11NO6S2. The Bertz CT molecular complexity index is 745. The van der Waals surface area contributed by atoms with E-state index in [0.717, 1.165) is 16.7 Å². The second-order valence-electron chi connectivity index (χ2n) is 4.62. The van der Waals surface area contributed by atoms with Gasteiger partial charge in [-0.3, -0.25) is 14.5 Å². The van der Waals surface area contributed by atoms with E-state index in [1.165, 1.54) is 7.11 Å². The molecule has 7 nitrogen and oxygen atoms in total. The molecule has 0 saturated carbocycles. The molecule has 1 aromatic rings. The van der Waals surface area contributed by atoms with Crippen LogP contribution in [-0.2, 0) is 9.59 Å². The number of nitrogens with zero attached hydrogens (tertiary/aromatic N) is 1. The summed E-state index contributed by atoms with van der Waals surface area (Å²) in [5, 5.41) is 8.83. The van der Waals surface area contributed by atoms with Crippen LogP contribution in [0.25, 0.3) is 6.08 Å². The standard InChI is InChI=1S/C14H11NO6S2/c1-19-8-2-7(3-9-12(8)21-6-20-9)4-10-13(18)15(5-11(16)17)14(22)23-10/h2-4H,5-6H2,1H3,(H,16,17). The number of methoxy groups -OCH3 is 1. The van der Waals surface area contributed by atoms with Gasteiger partial charge in [0, 0.05) is 0 Å². The first-order valence-electron chi connectivity index (χ1n) is 6.44. The number of ether oxygens (including phenoxy) is 3. The van der Waals surface area contributed by atoms with Crippen LogP contribution in [0.1, 0.15) is 5.56 Å². The molecule has 1 fully saturated rings. The molecule has 1 amide bonds. The minimum absolute atomic E-state index is 0.107. The van der Waals surface area contributed by atoms with Crippen molar-refractivity contribution in [3.8, 4) is 17.2 Å². The van der Waals surface area contributed by atoms with Crippen LogP contribution in [0.15, 0.2) is 17.0 Å². The zero-order chi connectivity index (χ0) is 16.6. The minimum Gasteiger partial charge on any atom is -0.493 e. The number of fused-ring (bicyclic) bond motifs is 1. The summed E-state index contributed by atoms with van der Waals surface area (Å²) in [6.45, 7) is -0.345. The molecule has 9 heteroatoms. The lowest BCUT2D eigenvalue weighted by atomic mass is 10.1. The van der Waals surface area contributed by atoms with Crippen LogP contribution in [0.3, 0.4) is 0 Å². The monoisotopic (exact) mass is 353 g/mol. The molecule has 0 aromatic heterocycles. The summed E-state index contributed by atoms with van der Waals surface area (Å²) in [5.41, 5.74) is 0.668. The van der Waals surface area contributed by atoms with Gasteiger partial charge < -0.3 is 19.3 Å². The second-order valence-corrected chi connectivity index (χ2v) is 6.29. The lowest BCUT2D eigenvalue weighted by Gasteiger charge is -2.10. The van der Waals surface area contributed by atoms with E-state index in [1.807, 2.05) is 0 Å². The Kier molecular flexibility index (Phi) is 4.14. The third kappa shape index (κ3) is 2.97. The summed E-state index contributed by atoms with van der Waals surface area (Å²) in [4.78, 5) is 24.4. The Balaban J connectivity index is 1.92. The number of carbonyl (C=O) groups excluding carboxylic acids is 1. The van der Waals surface area contributed by atoms with Gasteiger partial charge in [-0.05, 0) is 23.8 Å². The Labute approximate surface area is 140 Å². The highest BCUT2D eigenvalue weighted by Gasteiger charge is 2.33. The van der Waals surface area contributed by atoms with Crippen molar-refractivity contribution in [1.82, 2.24) is 4.90 Å². The number of benzene rings is 1. The molecule has 2 aliphatic rings. The lowest BCUT2D eigenvalue weighted by molar-refractivity contribution is -0.140. The van der Waals surface area contributed by atoms with Gasteiger partial charge in [0.05, 0.1) is 12.0 Å². The molecular weight excluding hydrogens is 342 g/mol. The quantitative estimate of drug-likeness (QED) is 0.647. The van der Waals surface area contributed by atoms with Crippen LogP contribution in [-0.4, -0.2) is 46.7 Å². The molecule has 3 rings (SSSR count). The summed E-state index contributed by atoms with van der Waals surface area (Å²) >= 11 is 6.11. The molecule has 0 bridgehead atoms. The van der Waals surface area contributed by atoms with Crippen molar-refractivity contribution in [2.45, 2.75) is 0 Å². The largest absolute Gasteiger partial charge is 0.493 e. The van der Waals surface area contributed by atoms with E-state index >= 15 is 0 Å². The summed E-state index contributed by atoms with van der Waals surface area (Å²) in [6, 6.07) is 3.42. The maximum absolute atomic E-state index is 12.2. The van der Waals surface area contributed by atoms with Gasteiger partial charge in [0.1, 0.15) is 10.9 Å². The predicted molar refractivity (Wildman–Crippen MR) is 86.6 cm³/mol. The number of amides is 1. The normalized spacial score (nSPS) is 18.0. The number of rotatable bonds is 4. The molecule has 0 radical (unpaired) electrons. The molecule has 0 atom stereocenters. The third-order valence-corrected chi connectivity index (χ3v) is 4.52. The average molecular weight is 353 g/mol. The first-order valence-corrected chi connectivity index (χ1v) is 7.67. The molecule has 120 valence electrons. The average Bonchev–Trinajstić information content (AvgIpc) is 3.07. The summed E-state index contributed by atoms with van der Waals surface area (Å²) < 4.78 is 16.1. The number of aliphatic carboxylic acids is 1. The molecule has 23 heavy (non-hydrogen) atoms. The molecule has 0 unspecified atom stereocenters. The van der Waals surface area contributed by atoms with E-state index in [9.17, 15) is 9.59 Å². The number of thioether (sulfide) groups is 1. The highest BCUT2D eigenvalue weighted by atomic mass is 32.2. The molecule has 1 N–H and O–H groups in total. The van der Waals surface area contributed by atoms with Crippen LogP contribution in [0.4, 0.5) is 0 Å². The van der Waals surface area contributed by atoms with Crippen molar-refractivity contribution in [2.75, 3.05) is 20.4 Å². The van der Waals surface area contributed by atoms with Crippen molar-refractivity contribution in [3.05, 3.63) is 22.6 Å². The van der Waals surface area contributed by atoms with Gasteiger partial charge in [0.2, 0.25) is 12.5 Å². The zero-order valence-corrected chi connectivity index (χ0v) is 13.5. The van der Waals surface area contributed by atoms with Gasteiger partial charge in [-0.15, -0.1) is 0 Å². The molecule has 2 heterocycles. The molecule has 0 aliphatic carbocycles. The Morgan fingerprint density at radius 3 is 3.00 bits per heavy atom. The Morgan fingerprint density at radius 1 is 1.52 bits per heavy atom. The number of thiocarbonyl (C=S) groups is 1. The fourth-order valence-electron chi connectivity index (χ4n) is 2.16. The molecule has 1 saturated heterocycles. The number of hydrogen-bond donors (Lipinski definition) is 1. The highest BCUT2D eigenvalue weighted by molar-refractivity contribution is 8.26. The maximum Gasteiger partial charge on any atom is 0.323 e. The Morgan fingerprint density at radius 2 is 2.30 bits per heavy atom. The van der Waals surface area contributed by atoms with Crippen LogP contribution < -0.4 is 14.2 Å². The smallest absolute Gasteiger partial charge is 0.323 e. The van der Waals surface area contributed by atoms with Gasteiger partial charge in [0.15, 0.2) is 11.5 Å². The maximum atomic E-state index is 12.2. The van der Waals surface area contributed by atoms with Gasteiger partial charge in [0.25, 0.3) is 5.91 Å². The van der Waals surface area contributed by atoms with Crippen LogP contribution >= 0.6 is 24.0 Å². The highest BCUT2D eigenvalue weighted by Crippen LogP contribution is 2.43. The van der Waals surface area contributed by atoms with Crippen LogP contribution in [0.2, 0.25) is 0 Å². The summed E-state index contributed by atoms with van der Waals surface area (Å²) in [7, 11) is 1.51. The number of carbonyl (C=O) groups is 2. The van der Waals surface area contributed by atoms with Crippen molar-refractivity contribution < 1.29 is 28.9 Å². The third-order valence-electron chi connectivity index (χ3n) is 3.15. The lowest BCUT2D eigenvalue weighted by Crippen LogP contribution is -2.33. The number of carboxylic acids is 1. The summed E-state index contributed by atoms with van der Waals surface area (Å²) in [6.07, 6.45) is 1.62. The fraction of sp³-hybridized carbons (Fsp3) is 0.214. The van der Waals surface area contributed by atoms with E-state index in [-0.39, 0.29) is 11.1 Å². The fourth-order valence-corrected chi connectivity index (χ4v) is 3.41. The molecule has 0 spiro atoms. The van der Waals surface area contributed by atoms with Crippen molar-refractivity contribution >= 4 is 46.3 Å². The SMILES string of the molecule is COc1cc(C=C2SC(=S)N(CC(=O)O)C2=O)cc2c1OCO2. The van der Waals surface area contributed by atoms with Gasteiger partial charge >= 0.3 is 5.97 Å². The minimum atomic E-state index is -1.12. The van der Waals surface area contributed by atoms with E-state index in [2.05, 4.69) is 0 Å². The Hall–Kier alpha value is -2.26. The first-order chi connectivity index (χ1) is 11.0. The van der Waals surface area contributed by atoms with E-state index in [0.29, 0.717) is 27.7 Å². The number of carboxylic acid groups (broad SMARTS) is 1. The van der Waals surface area contributed by atoms with Gasteiger partial charge in [-0.2, -0.15) is 0 Å². The van der Waals surface area contributed by atoms with Gasteiger partial charge in [-0.1, -0.05) is 24.0 Å². The van der Waals surface area contributed by atoms with E-state index < -0.39 is 18.4 Å². The van der Waals surface area contributed by atoms with Crippen molar-refractivity contribution in [1.29, 1.82) is 0 Å². The molecule has 2 aliphatic heterocycles. The van der Waals surface area contributed by atoms with Crippen LogP contribution in [0.5, 0.6) is 17.2 Å². The van der Waals surface area contributed by atoms with E-state index in [1.54, 1.807) is 18.2 Å². The zero-order valence-electron chi connectivity index (χ0n) is 11.9. The second kappa shape index (κ2) is 6.09. The van der Waals surface area contributed by atoms with Crippen molar-refractivity contribution in [2.24, 2.45) is 0 Å². The topological polar surface area (TPSA) is 85.3 Å². The summed E-state index contributed by atoms with van der Waals surface area (Å²) in [5.74, 6) is -0.0155. The predicted octanol–water partition coefficient (Wildman–Crippen LogP) is 1.71. The molecule has 1 aromatic carbocycles. The number of hydrogen-bond acceptors (Lipinski definition) is 7. The van der Waals surface area contributed by atoms with Gasteiger partial charge in [-0.25, -0.2) is 0 Å². The van der Waals surface area contributed by atoms with Crippen LogP contribution in [0, 0.1) is 0 Å². The van der Waals surface area contributed by atoms with Crippen molar-refractivity contribution in [3.63, 3.8) is 0 Å². The first kappa shape index (κ1) is 15.6.